The molecule has 1 aliphatic rings. The maximum absolute atomic E-state index is 6.28. The van der Waals surface area contributed by atoms with Gasteiger partial charge in [-0.05, 0) is 35.6 Å². The highest BCUT2D eigenvalue weighted by molar-refractivity contribution is 4.97. The molecule has 0 amide bonds. The van der Waals surface area contributed by atoms with E-state index in [0.717, 1.165) is 38.1 Å². The van der Waals surface area contributed by atoms with Crippen LogP contribution in [-0.2, 0) is 6.54 Å². The highest BCUT2D eigenvalue weighted by Crippen LogP contribution is 2.24. The molecule has 21 heavy (non-hydrogen) atoms. The Bertz CT molecular complexity index is 416. The average Bonchev–Trinajstić information content (AvgIpc) is 2.92. The zero-order chi connectivity index (χ0) is 15.2. The average molecular weight is 294 g/mol. The number of hydrogen-bond donors (Lipinski definition) is 2. The van der Waals surface area contributed by atoms with Crippen LogP contribution in [0.2, 0.25) is 0 Å². The van der Waals surface area contributed by atoms with E-state index < -0.39 is 0 Å². The zero-order valence-electron chi connectivity index (χ0n) is 13.6. The maximum atomic E-state index is 6.28. The van der Waals surface area contributed by atoms with Crippen LogP contribution in [0.15, 0.2) is 0 Å². The summed E-state index contributed by atoms with van der Waals surface area (Å²) in [6.07, 6.45) is 7.03. The number of tetrazole rings is 1. The Balaban J connectivity index is 2.09. The molecule has 1 aliphatic carbocycles. The van der Waals surface area contributed by atoms with Crippen molar-refractivity contribution in [3.63, 3.8) is 0 Å². The second-order valence-corrected chi connectivity index (χ2v) is 6.56. The molecule has 1 heterocycles. The summed E-state index contributed by atoms with van der Waals surface area (Å²) < 4.78 is 1.95. The number of unbranched alkanes of at least 4 members (excludes halogenated alkanes) is 1. The Morgan fingerprint density at radius 2 is 2.10 bits per heavy atom. The second-order valence-electron chi connectivity index (χ2n) is 6.56. The lowest BCUT2D eigenvalue weighted by molar-refractivity contribution is 0.260. The lowest BCUT2D eigenvalue weighted by Gasteiger charge is -2.34. The number of aryl methyl sites for hydroxylation is 1. The van der Waals surface area contributed by atoms with Crippen LogP contribution < -0.4 is 11.1 Å². The summed E-state index contributed by atoms with van der Waals surface area (Å²) in [6.45, 7) is 7.50. The molecule has 3 N–H and O–H groups in total. The lowest BCUT2D eigenvalue weighted by atomic mass is 9.89. The predicted octanol–water partition coefficient (Wildman–Crippen LogP) is 2.03. The minimum absolute atomic E-state index is 0.172. The van der Waals surface area contributed by atoms with Crippen molar-refractivity contribution in [2.75, 3.05) is 0 Å². The molecule has 1 aromatic rings. The molecule has 1 fully saturated rings. The van der Waals surface area contributed by atoms with Crippen molar-refractivity contribution in [1.82, 2.24) is 25.5 Å². The van der Waals surface area contributed by atoms with E-state index in [1.807, 2.05) is 4.68 Å². The van der Waals surface area contributed by atoms with E-state index in [1.165, 1.54) is 12.8 Å². The summed E-state index contributed by atoms with van der Waals surface area (Å²) in [5.74, 6) is 1.39. The van der Waals surface area contributed by atoms with Gasteiger partial charge in [0.05, 0.1) is 6.04 Å². The molecule has 3 atom stereocenters. The van der Waals surface area contributed by atoms with E-state index in [0.29, 0.717) is 12.0 Å². The summed E-state index contributed by atoms with van der Waals surface area (Å²) >= 11 is 0. The maximum Gasteiger partial charge on any atom is 0.168 e. The van der Waals surface area contributed by atoms with Gasteiger partial charge in [0.15, 0.2) is 5.82 Å². The molecule has 0 saturated heterocycles. The third-order valence-electron chi connectivity index (χ3n) is 4.44. The highest BCUT2D eigenvalue weighted by atomic mass is 15.5. The second kappa shape index (κ2) is 7.84. The van der Waals surface area contributed by atoms with Gasteiger partial charge in [0, 0.05) is 18.6 Å². The Hall–Kier alpha value is -1.01. The van der Waals surface area contributed by atoms with Crippen LogP contribution >= 0.6 is 0 Å². The summed E-state index contributed by atoms with van der Waals surface area (Å²) in [4.78, 5) is 0. The molecule has 1 saturated carbocycles. The van der Waals surface area contributed by atoms with Gasteiger partial charge >= 0.3 is 0 Å². The molecule has 6 nitrogen and oxygen atoms in total. The third-order valence-corrected chi connectivity index (χ3v) is 4.44. The minimum atomic E-state index is 0.172. The molecule has 0 bridgehead atoms. The largest absolute Gasteiger partial charge is 0.326 e. The first-order chi connectivity index (χ1) is 10.1. The first-order valence-corrected chi connectivity index (χ1v) is 8.41. The summed E-state index contributed by atoms with van der Waals surface area (Å²) in [5, 5.41) is 16.1. The van der Waals surface area contributed by atoms with Gasteiger partial charge in [-0.3, -0.25) is 0 Å². The SMILES string of the molecule is CCCCn1nnnc1C(NC1CCCCC1N)C(C)C. The normalized spacial score (nSPS) is 24.4. The van der Waals surface area contributed by atoms with Gasteiger partial charge in [0.25, 0.3) is 0 Å². The number of nitrogens with zero attached hydrogens (tertiary/aromatic N) is 4. The topological polar surface area (TPSA) is 81.7 Å². The number of nitrogens with one attached hydrogen (secondary N) is 1. The first-order valence-electron chi connectivity index (χ1n) is 8.41. The van der Waals surface area contributed by atoms with Crippen molar-refractivity contribution < 1.29 is 0 Å². The molecule has 0 spiro atoms. The van der Waals surface area contributed by atoms with E-state index in [2.05, 4.69) is 41.6 Å². The minimum Gasteiger partial charge on any atom is -0.326 e. The smallest absolute Gasteiger partial charge is 0.168 e. The fraction of sp³-hybridized carbons (Fsp3) is 0.933. The van der Waals surface area contributed by atoms with Crippen LogP contribution in [0.25, 0.3) is 0 Å². The first kappa shape index (κ1) is 16.4. The van der Waals surface area contributed by atoms with E-state index in [1.54, 1.807) is 0 Å². The molecule has 120 valence electrons. The van der Waals surface area contributed by atoms with E-state index in [4.69, 9.17) is 5.73 Å². The Labute approximate surface area is 127 Å². The van der Waals surface area contributed by atoms with Gasteiger partial charge in [0.2, 0.25) is 0 Å². The predicted molar refractivity (Wildman–Crippen MR) is 83.7 cm³/mol. The van der Waals surface area contributed by atoms with E-state index in [9.17, 15) is 0 Å². The van der Waals surface area contributed by atoms with Gasteiger partial charge < -0.3 is 11.1 Å². The fourth-order valence-electron chi connectivity index (χ4n) is 3.06. The number of aromatic nitrogens is 4. The van der Waals surface area contributed by atoms with Gasteiger partial charge in [-0.1, -0.05) is 40.0 Å². The van der Waals surface area contributed by atoms with Crippen LogP contribution in [0.5, 0.6) is 0 Å². The van der Waals surface area contributed by atoms with Gasteiger partial charge in [-0.2, -0.15) is 0 Å². The fourth-order valence-corrected chi connectivity index (χ4v) is 3.06. The molecule has 3 unspecified atom stereocenters. The molecule has 2 rings (SSSR count). The number of hydrogen-bond acceptors (Lipinski definition) is 5. The van der Waals surface area contributed by atoms with Crippen molar-refractivity contribution in [3.05, 3.63) is 5.82 Å². The molecule has 6 heteroatoms. The van der Waals surface area contributed by atoms with E-state index in [-0.39, 0.29) is 12.1 Å². The van der Waals surface area contributed by atoms with E-state index >= 15 is 0 Å². The monoisotopic (exact) mass is 294 g/mol. The van der Waals surface area contributed by atoms with Crippen LogP contribution in [0.3, 0.4) is 0 Å². The van der Waals surface area contributed by atoms with Crippen molar-refractivity contribution in [3.8, 4) is 0 Å². The van der Waals surface area contributed by atoms with Crippen molar-refractivity contribution in [2.45, 2.75) is 84.0 Å². The zero-order valence-corrected chi connectivity index (χ0v) is 13.6. The summed E-state index contributed by atoms with van der Waals surface area (Å²) in [6, 6.07) is 0.799. The summed E-state index contributed by atoms with van der Waals surface area (Å²) in [7, 11) is 0. The van der Waals surface area contributed by atoms with Gasteiger partial charge in [0.1, 0.15) is 0 Å². The molecular formula is C15H30N6. The van der Waals surface area contributed by atoms with Crippen molar-refractivity contribution in [1.29, 1.82) is 0 Å². The Kier molecular flexibility index (Phi) is 6.11. The van der Waals surface area contributed by atoms with Gasteiger partial charge in [-0.25, -0.2) is 4.68 Å². The third kappa shape index (κ3) is 4.23. The molecule has 0 radical (unpaired) electrons. The van der Waals surface area contributed by atoms with Crippen LogP contribution in [0, 0.1) is 5.92 Å². The standard InChI is InChI=1S/C15H30N6/c1-4-5-10-21-15(18-19-20-21)14(11(2)3)17-13-9-7-6-8-12(13)16/h11-14,17H,4-10,16H2,1-3H3. The Morgan fingerprint density at radius 3 is 2.76 bits per heavy atom. The molecule has 1 aromatic heterocycles. The van der Waals surface area contributed by atoms with Crippen LogP contribution in [0.4, 0.5) is 0 Å². The van der Waals surface area contributed by atoms with Crippen LogP contribution in [0.1, 0.15) is 71.2 Å². The van der Waals surface area contributed by atoms with Gasteiger partial charge in [-0.15, -0.1) is 5.10 Å². The Morgan fingerprint density at radius 1 is 1.33 bits per heavy atom. The highest BCUT2D eigenvalue weighted by Gasteiger charge is 2.29. The number of nitrogens with two attached hydrogens (primary N) is 1. The lowest BCUT2D eigenvalue weighted by Crippen LogP contribution is -2.49. The molecule has 0 aromatic carbocycles. The summed E-state index contributed by atoms with van der Waals surface area (Å²) in [5.41, 5.74) is 6.28. The van der Waals surface area contributed by atoms with Crippen molar-refractivity contribution in [2.24, 2.45) is 11.7 Å². The molecule has 0 aliphatic heterocycles. The van der Waals surface area contributed by atoms with Crippen molar-refractivity contribution >= 4 is 0 Å². The molecular weight excluding hydrogens is 264 g/mol. The number of rotatable bonds is 7. The van der Waals surface area contributed by atoms with Crippen LogP contribution in [-0.4, -0.2) is 32.3 Å². The quantitative estimate of drug-likeness (QED) is 0.804.